The molecule has 0 aliphatic carbocycles. The van der Waals surface area contributed by atoms with Crippen LogP contribution >= 0.6 is 0 Å². The summed E-state index contributed by atoms with van der Waals surface area (Å²) in [5.41, 5.74) is 6.56. The zero-order valence-electron chi connectivity index (χ0n) is 13.2. The molecule has 3 N–H and O–H groups in total. The Morgan fingerprint density at radius 2 is 1.72 bits per heavy atom. The Balaban J connectivity index is 2.20. The molecule has 0 saturated carbocycles. The second-order valence-electron chi connectivity index (χ2n) is 5.50. The monoisotopic (exact) mass is 367 g/mol. The molecule has 0 heterocycles. The van der Waals surface area contributed by atoms with Crippen molar-refractivity contribution in [3.63, 3.8) is 0 Å². The number of carbonyl (C=O) groups is 1. The zero-order chi connectivity index (χ0) is 18.4. The van der Waals surface area contributed by atoms with E-state index in [9.17, 15) is 17.6 Å². The van der Waals surface area contributed by atoms with E-state index in [0.29, 0.717) is 5.56 Å². The first kappa shape index (κ1) is 19.0. The van der Waals surface area contributed by atoms with Crippen LogP contribution in [-0.4, -0.2) is 24.7 Å². The Bertz CT molecular complexity index is 826. The number of esters is 1. The van der Waals surface area contributed by atoms with Crippen molar-refractivity contribution in [2.24, 2.45) is 11.7 Å². The van der Waals surface area contributed by atoms with Crippen LogP contribution in [-0.2, 0) is 26.3 Å². The molecule has 0 saturated heterocycles. The Kier molecular flexibility index (Phi) is 6.24. The van der Waals surface area contributed by atoms with Gasteiger partial charge in [0.2, 0.25) is 0 Å². The first-order valence-corrected chi connectivity index (χ1v) is 9.04. The lowest BCUT2D eigenvalue weighted by atomic mass is 9.95. The van der Waals surface area contributed by atoms with Gasteiger partial charge in [-0.15, -0.1) is 0 Å². The third-order valence-corrected chi connectivity index (χ3v) is 4.40. The molecule has 0 radical (unpaired) electrons. The standard InChI is InChI=1S/C17H18FNO5S/c18-15-9-5-4-8-13(15)16(19)14(11-25(21,22)23)17(20)24-10-12-6-2-1-3-7-12/h1-9,14,16H,10-11,19H2,(H,21,22,23). The molecule has 0 amide bonds. The number of rotatable bonds is 7. The first-order valence-electron chi connectivity index (χ1n) is 7.43. The summed E-state index contributed by atoms with van der Waals surface area (Å²) in [5.74, 6) is -4.02. The molecule has 2 aromatic rings. The molecule has 6 nitrogen and oxygen atoms in total. The van der Waals surface area contributed by atoms with Crippen molar-refractivity contribution in [3.05, 3.63) is 71.5 Å². The lowest BCUT2D eigenvalue weighted by Crippen LogP contribution is -2.35. The van der Waals surface area contributed by atoms with Crippen molar-refractivity contribution in [3.8, 4) is 0 Å². The number of carbonyl (C=O) groups excluding carboxylic acids is 1. The highest BCUT2D eigenvalue weighted by Gasteiger charge is 2.33. The molecular weight excluding hydrogens is 349 g/mol. The largest absolute Gasteiger partial charge is 0.461 e. The predicted molar refractivity (Wildman–Crippen MR) is 89.5 cm³/mol. The van der Waals surface area contributed by atoms with E-state index in [1.165, 1.54) is 18.2 Å². The summed E-state index contributed by atoms with van der Waals surface area (Å²) in [6, 6.07) is 12.9. The molecule has 0 aliphatic rings. The maximum Gasteiger partial charge on any atom is 0.312 e. The molecule has 25 heavy (non-hydrogen) atoms. The minimum absolute atomic E-state index is 0.0344. The molecule has 0 aliphatic heterocycles. The summed E-state index contributed by atoms with van der Waals surface area (Å²) in [4.78, 5) is 12.3. The number of hydrogen-bond donors (Lipinski definition) is 2. The van der Waals surface area contributed by atoms with Gasteiger partial charge in [-0.2, -0.15) is 8.42 Å². The minimum atomic E-state index is -4.52. The van der Waals surface area contributed by atoms with Crippen LogP contribution in [0.1, 0.15) is 17.2 Å². The first-order chi connectivity index (χ1) is 11.8. The SMILES string of the molecule is NC(c1ccccc1F)C(CS(=O)(=O)O)C(=O)OCc1ccccc1. The molecule has 0 bridgehead atoms. The van der Waals surface area contributed by atoms with Gasteiger partial charge >= 0.3 is 5.97 Å². The highest BCUT2D eigenvalue weighted by atomic mass is 32.2. The fraction of sp³-hybridized carbons (Fsp3) is 0.235. The number of benzene rings is 2. The van der Waals surface area contributed by atoms with Crippen LogP contribution in [0, 0.1) is 11.7 Å². The predicted octanol–water partition coefficient (Wildman–Crippen LogP) is 2.07. The van der Waals surface area contributed by atoms with E-state index in [-0.39, 0.29) is 12.2 Å². The maximum absolute atomic E-state index is 13.9. The number of hydrogen-bond acceptors (Lipinski definition) is 5. The van der Waals surface area contributed by atoms with Crippen molar-refractivity contribution >= 4 is 16.1 Å². The quantitative estimate of drug-likeness (QED) is 0.573. The topological polar surface area (TPSA) is 107 Å². The Morgan fingerprint density at radius 1 is 1.12 bits per heavy atom. The van der Waals surface area contributed by atoms with Gasteiger partial charge in [0.1, 0.15) is 12.4 Å². The van der Waals surface area contributed by atoms with Crippen molar-refractivity contribution < 1.29 is 26.9 Å². The van der Waals surface area contributed by atoms with Gasteiger partial charge < -0.3 is 10.5 Å². The molecule has 0 aromatic heterocycles. The summed E-state index contributed by atoms with van der Waals surface area (Å²) >= 11 is 0. The van der Waals surface area contributed by atoms with E-state index in [2.05, 4.69) is 0 Å². The molecule has 8 heteroatoms. The van der Waals surface area contributed by atoms with Gasteiger partial charge in [-0.1, -0.05) is 48.5 Å². The fourth-order valence-electron chi connectivity index (χ4n) is 2.34. The van der Waals surface area contributed by atoms with Crippen LogP contribution in [0.2, 0.25) is 0 Å². The van der Waals surface area contributed by atoms with Crippen LogP contribution < -0.4 is 5.73 Å². The van der Waals surface area contributed by atoms with Gasteiger partial charge in [0.15, 0.2) is 0 Å². The van der Waals surface area contributed by atoms with Crippen molar-refractivity contribution in [1.82, 2.24) is 0 Å². The van der Waals surface area contributed by atoms with Crippen LogP contribution in [0.15, 0.2) is 54.6 Å². The van der Waals surface area contributed by atoms with Crippen molar-refractivity contribution in [2.75, 3.05) is 5.75 Å². The van der Waals surface area contributed by atoms with Crippen molar-refractivity contribution in [1.29, 1.82) is 0 Å². The number of ether oxygens (including phenoxy) is 1. The molecular formula is C17H18FNO5S. The molecule has 2 atom stereocenters. The smallest absolute Gasteiger partial charge is 0.312 e. The molecule has 134 valence electrons. The number of nitrogens with two attached hydrogens (primary N) is 1. The summed E-state index contributed by atoms with van der Waals surface area (Å²) in [6.45, 7) is -0.0916. The third kappa shape index (κ3) is 5.63. The van der Waals surface area contributed by atoms with Gasteiger partial charge in [-0.3, -0.25) is 9.35 Å². The average Bonchev–Trinajstić information content (AvgIpc) is 2.57. The normalized spacial score (nSPS) is 13.9. The summed E-state index contributed by atoms with van der Waals surface area (Å²) in [6.07, 6.45) is 0. The highest BCUT2D eigenvalue weighted by molar-refractivity contribution is 7.85. The van der Waals surface area contributed by atoms with Crippen LogP contribution in [0.4, 0.5) is 4.39 Å². The maximum atomic E-state index is 13.9. The Morgan fingerprint density at radius 3 is 2.32 bits per heavy atom. The molecule has 2 unspecified atom stereocenters. The minimum Gasteiger partial charge on any atom is -0.461 e. The van der Waals surface area contributed by atoms with Crippen LogP contribution in [0.3, 0.4) is 0 Å². The molecule has 2 aromatic carbocycles. The van der Waals surface area contributed by atoms with Crippen molar-refractivity contribution in [2.45, 2.75) is 12.6 Å². The highest BCUT2D eigenvalue weighted by Crippen LogP contribution is 2.25. The van der Waals surface area contributed by atoms with E-state index < -0.39 is 39.6 Å². The van der Waals surface area contributed by atoms with Gasteiger partial charge in [-0.05, 0) is 11.6 Å². The summed E-state index contributed by atoms with van der Waals surface area (Å²) < 4.78 is 50.6. The molecule has 2 rings (SSSR count). The van der Waals surface area contributed by atoms with E-state index in [1.54, 1.807) is 30.3 Å². The van der Waals surface area contributed by atoms with E-state index in [1.807, 2.05) is 0 Å². The number of halogens is 1. The van der Waals surface area contributed by atoms with E-state index in [4.69, 9.17) is 15.0 Å². The van der Waals surface area contributed by atoms with Crippen LogP contribution in [0.5, 0.6) is 0 Å². The van der Waals surface area contributed by atoms with Crippen LogP contribution in [0.25, 0.3) is 0 Å². The average molecular weight is 367 g/mol. The van der Waals surface area contributed by atoms with Gasteiger partial charge in [0.25, 0.3) is 10.1 Å². The van der Waals surface area contributed by atoms with E-state index >= 15 is 0 Å². The molecule has 0 spiro atoms. The Hall–Kier alpha value is -2.29. The third-order valence-electron chi connectivity index (χ3n) is 3.61. The summed E-state index contributed by atoms with van der Waals surface area (Å²) in [7, 11) is -4.52. The molecule has 0 fully saturated rings. The fourth-order valence-corrected chi connectivity index (χ4v) is 3.14. The lowest BCUT2D eigenvalue weighted by molar-refractivity contribution is -0.150. The zero-order valence-corrected chi connectivity index (χ0v) is 14.0. The van der Waals surface area contributed by atoms with Gasteiger partial charge in [0.05, 0.1) is 11.7 Å². The second-order valence-corrected chi connectivity index (χ2v) is 6.99. The van der Waals surface area contributed by atoms with Gasteiger partial charge in [0, 0.05) is 11.6 Å². The second kappa shape index (κ2) is 8.19. The van der Waals surface area contributed by atoms with E-state index in [0.717, 1.165) is 6.07 Å². The Labute approximate surface area is 145 Å². The van der Waals surface area contributed by atoms with Gasteiger partial charge in [-0.25, -0.2) is 4.39 Å². The lowest BCUT2D eigenvalue weighted by Gasteiger charge is -2.22. The summed E-state index contributed by atoms with van der Waals surface area (Å²) in [5, 5.41) is 0.